The average molecular weight is 468 g/mol. The van der Waals surface area contributed by atoms with Crippen molar-refractivity contribution in [3.8, 4) is 0 Å². The summed E-state index contributed by atoms with van der Waals surface area (Å²) in [5.74, 6) is 0.303. The van der Waals surface area contributed by atoms with Crippen molar-refractivity contribution in [3.63, 3.8) is 0 Å². The minimum absolute atomic E-state index is 0.0484. The monoisotopic (exact) mass is 467 g/mol. The van der Waals surface area contributed by atoms with Crippen molar-refractivity contribution < 1.29 is 14.3 Å². The number of ether oxygens (including phenoxy) is 1. The Morgan fingerprint density at radius 3 is 2.55 bits per heavy atom. The van der Waals surface area contributed by atoms with Crippen LogP contribution in [0.3, 0.4) is 0 Å². The van der Waals surface area contributed by atoms with Crippen molar-refractivity contribution in [2.24, 2.45) is 10.9 Å². The molecule has 33 heavy (non-hydrogen) atoms. The van der Waals surface area contributed by atoms with Crippen molar-refractivity contribution in [1.29, 1.82) is 0 Å². The van der Waals surface area contributed by atoms with Gasteiger partial charge in [-0.2, -0.15) is 0 Å². The maximum absolute atomic E-state index is 13.1. The van der Waals surface area contributed by atoms with Crippen LogP contribution in [0.15, 0.2) is 64.3 Å². The Morgan fingerprint density at radius 2 is 1.94 bits per heavy atom. The van der Waals surface area contributed by atoms with Crippen molar-refractivity contribution in [1.82, 2.24) is 10.2 Å². The molecule has 7 heteroatoms. The Hall–Kier alpha value is -2.80. The Labute approximate surface area is 200 Å². The molecule has 2 aliphatic rings. The van der Waals surface area contributed by atoms with Gasteiger partial charge in [0, 0.05) is 12.2 Å². The van der Waals surface area contributed by atoms with E-state index in [1.54, 1.807) is 6.08 Å². The summed E-state index contributed by atoms with van der Waals surface area (Å²) in [4.78, 5) is 32.4. The van der Waals surface area contributed by atoms with E-state index in [0.717, 1.165) is 16.4 Å². The number of esters is 1. The summed E-state index contributed by atoms with van der Waals surface area (Å²) < 4.78 is 5.43. The van der Waals surface area contributed by atoms with Gasteiger partial charge in [-0.05, 0) is 35.3 Å². The topological polar surface area (TPSA) is 71.0 Å². The summed E-state index contributed by atoms with van der Waals surface area (Å²) in [5, 5.41) is 5.69. The SMILES string of the molecule is C=CCOC(=O)C1=C(C)N=C2SC=C(CC(=O)NCC(C)C)N2[C@H]1c1ccc(C(C)C)cc1. The molecule has 0 radical (unpaired) electrons. The molecule has 0 saturated carbocycles. The number of thioether (sulfide) groups is 1. The minimum atomic E-state index is -0.423. The number of fused-ring (bicyclic) bond motifs is 1. The number of nitrogens with one attached hydrogen (secondary N) is 1. The molecule has 0 unspecified atom stereocenters. The zero-order valence-electron chi connectivity index (χ0n) is 20.1. The second kappa shape index (κ2) is 10.9. The molecule has 1 aromatic rings. The van der Waals surface area contributed by atoms with Gasteiger partial charge in [-0.3, -0.25) is 4.79 Å². The Kier molecular flexibility index (Phi) is 8.19. The molecule has 0 aromatic heterocycles. The second-order valence-electron chi connectivity index (χ2n) is 8.98. The van der Waals surface area contributed by atoms with E-state index in [1.165, 1.54) is 17.3 Å². The molecule has 0 bridgehead atoms. The number of allylic oxidation sites excluding steroid dienone is 1. The lowest BCUT2D eigenvalue weighted by molar-refractivity contribution is -0.138. The standard InChI is InChI=1S/C26H33N3O3S/c1-7-12-32-25(31)23-18(6)28-26-29(21(15-33-26)13-22(30)27-14-16(2)3)24(23)20-10-8-19(9-11-20)17(4)5/h7-11,15-17,24H,1,12-14H2,2-6H3,(H,27,30)/t24-/m0/s1. The molecule has 0 saturated heterocycles. The van der Waals surface area contributed by atoms with Crippen molar-refractivity contribution >= 4 is 28.8 Å². The third-order valence-corrected chi connectivity index (χ3v) is 6.41. The lowest BCUT2D eigenvalue weighted by Gasteiger charge is -2.36. The van der Waals surface area contributed by atoms with E-state index in [-0.39, 0.29) is 18.9 Å². The van der Waals surface area contributed by atoms with Crippen LogP contribution in [0.4, 0.5) is 0 Å². The molecule has 0 spiro atoms. The molecule has 3 rings (SSSR count). The molecule has 0 aliphatic carbocycles. The van der Waals surface area contributed by atoms with E-state index < -0.39 is 12.0 Å². The Balaban J connectivity index is 1.98. The van der Waals surface area contributed by atoms with Gasteiger partial charge >= 0.3 is 5.97 Å². The van der Waals surface area contributed by atoms with Gasteiger partial charge in [-0.1, -0.05) is 76.4 Å². The summed E-state index contributed by atoms with van der Waals surface area (Å²) in [7, 11) is 0. The van der Waals surface area contributed by atoms with Crippen LogP contribution in [-0.2, 0) is 14.3 Å². The predicted molar refractivity (Wildman–Crippen MR) is 135 cm³/mol. The summed E-state index contributed by atoms with van der Waals surface area (Å²) in [5.41, 5.74) is 4.10. The molecule has 1 N–H and O–H groups in total. The first-order valence-electron chi connectivity index (χ1n) is 11.3. The van der Waals surface area contributed by atoms with E-state index >= 15 is 0 Å². The second-order valence-corrected chi connectivity index (χ2v) is 9.81. The summed E-state index contributed by atoms with van der Waals surface area (Å²) in [6, 6.07) is 7.87. The Bertz CT molecular complexity index is 1010. The molecule has 176 valence electrons. The van der Waals surface area contributed by atoms with Gasteiger partial charge in [0.25, 0.3) is 0 Å². The highest BCUT2D eigenvalue weighted by Crippen LogP contribution is 2.45. The quantitative estimate of drug-likeness (QED) is 0.395. The van der Waals surface area contributed by atoms with Gasteiger partial charge in [0.2, 0.25) is 5.91 Å². The van der Waals surface area contributed by atoms with Crippen molar-refractivity contribution in [3.05, 3.63) is 70.4 Å². The minimum Gasteiger partial charge on any atom is -0.458 e. The molecule has 2 aliphatic heterocycles. The first-order valence-corrected chi connectivity index (χ1v) is 12.2. The number of aliphatic imine (C=N–C) groups is 1. The highest BCUT2D eigenvalue weighted by atomic mass is 32.2. The van der Waals surface area contributed by atoms with Gasteiger partial charge in [0.1, 0.15) is 6.61 Å². The van der Waals surface area contributed by atoms with E-state index in [4.69, 9.17) is 4.74 Å². The molecular weight excluding hydrogens is 434 g/mol. The number of carbonyl (C=O) groups excluding carboxylic acids is 2. The van der Waals surface area contributed by atoms with Gasteiger partial charge in [-0.25, -0.2) is 9.79 Å². The molecule has 0 fully saturated rings. The highest BCUT2D eigenvalue weighted by Gasteiger charge is 2.41. The van der Waals surface area contributed by atoms with E-state index in [1.807, 2.05) is 17.2 Å². The van der Waals surface area contributed by atoms with Gasteiger partial charge in [0.05, 0.1) is 23.7 Å². The van der Waals surface area contributed by atoms with E-state index in [0.29, 0.717) is 29.7 Å². The summed E-state index contributed by atoms with van der Waals surface area (Å²) in [6.45, 7) is 14.6. The zero-order chi connectivity index (χ0) is 24.1. The molecule has 1 amide bonds. The maximum atomic E-state index is 13.1. The van der Waals surface area contributed by atoms with Crippen LogP contribution < -0.4 is 5.32 Å². The third-order valence-electron chi connectivity index (χ3n) is 5.52. The predicted octanol–water partition coefficient (Wildman–Crippen LogP) is 5.28. The van der Waals surface area contributed by atoms with Crippen molar-refractivity contribution in [2.45, 2.75) is 53.0 Å². The number of hydrogen-bond acceptors (Lipinski definition) is 6. The molecule has 1 aromatic carbocycles. The highest BCUT2D eigenvalue weighted by molar-refractivity contribution is 8.16. The van der Waals surface area contributed by atoms with Crippen molar-refractivity contribution in [2.75, 3.05) is 13.2 Å². The lowest BCUT2D eigenvalue weighted by Crippen LogP contribution is -2.38. The zero-order valence-corrected chi connectivity index (χ0v) is 20.9. The number of carbonyl (C=O) groups is 2. The molecular formula is C26H33N3O3S. The van der Waals surface area contributed by atoms with Crippen LogP contribution in [0.1, 0.15) is 64.1 Å². The van der Waals surface area contributed by atoms with Gasteiger partial charge < -0.3 is 15.0 Å². The smallest absolute Gasteiger partial charge is 0.338 e. The van der Waals surface area contributed by atoms with Crippen LogP contribution in [0.25, 0.3) is 0 Å². The summed E-state index contributed by atoms with van der Waals surface area (Å²) >= 11 is 1.47. The molecule has 6 nitrogen and oxygen atoms in total. The fourth-order valence-corrected chi connectivity index (χ4v) is 4.73. The van der Waals surface area contributed by atoms with E-state index in [9.17, 15) is 9.59 Å². The van der Waals surface area contributed by atoms with Crippen LogP contribution in [0.2, 0.25) is 0 Å². The Morgan fingerprint density at radius 1 is 1.24 bits per heavy atom. The van der Waals surface area contributed by atoms with Gasteiger partial charge in [0.15, 0.2) is 5.17 Å². The first-order chi connectivity index (χ1) is 15.7. The van der Waals surface area contributed by atoms with Gasteiger partial charge in [-0.15, -0.1) is 0 Å². The first kappa shape index (κ1) is 24.8. The summed E-state index contributed by atoms with van der Waals surface area (Å²) in [6.07, 6.45) is 1.77. The fraction of sp³-hybridized carbons (Fsp3) is 0.423. The number of nitrogens with zero attached hydrogens (tertiary/aromatic N) is 2. The normalized spacial score (nSPS) is 17.7. The average Bonchev–Trinajstić information content (AvgIpc) is 3.16. The number of rotatable bonds is 9. The van der Waals surface area contributed by atoms with Crippen LogP contribution >= 0.6 is 11.8 Å². The van der Waals surface area contributed by atoms with Crippen LogP contribution in [0.5, 0.6) is 0 Å². The fourth-order valence-electron chi connectivity index (χ4n) is 3.77. The van der Waals surface area contributed by atoms with Crippen LogP contribution in [-0.4, -0.2) is 35.1 Å². The number of hydrogen-bond donors (Lipinski definition) is 1. The maximum Gasteiger partial charge on any atom is 0.338 e. The number of benzene rings is 1. The third kappa shape index (κ3) is 5.77. The number of amides is 1. The molecule has 2 heterocycles. The lowest BCUT2D eigenvalue weighted by atomic mass is 9.92. The largest absolute Gasteiger partial charge is 0.458 e. The van der Waals surface area contributed by atoms with E-state index in [2.05, 4.69) is 68.8 Å². The number of amidine groups is 1. The molecule has 1 atom stereocenters. The van der Waals surface area contributed by atoms with Crippen LogP contribution in [0, 0.1) is 5.92 Å².